The summed E-state index contributed by atoms with van der Waals surface area (Å²) in [6, 6.07) is 6.41. The number of aromatic nitrogens is 2. The third-order valence-corrected chi connectivity index (χ3v) is 6.70. The van der Waals surface area contributed by atoms with Crippen molar-refractivity contribution in [2.45, 2.75) is 50.6 Å². The van der Waals surface area contributed by atoms with Crippen molar-refractivity contribution in [3.63, 3.8) is 0 Å². The summed E-state index contributed by atoms with van der Waals surface area (Å²) in [7, 11) is 0. The van der Waals surface area contributed by atoms with Crippen LogP contribution in [0.4, 0.5) is 24.7 Å². The van der Waals surface area contributed by atoms with Crippen molar-refractivity contribution in [3.05, 3.63) is 42.4 Å². The lowest BCUT2D eigenvalue weighted by molar-refractivity contribution is -0.321. The lowest BCUT2D eigenvalue weighted by Gasteiger charge is -2.26. The first kappa shape index (κ1) is 28.1. The van der Waals surface area contributed by atoms with E-state index in [0.717, 1.165) is 12.8 Å². The van der Waals surface area contributed by atoms with Crippen molar-refractivity contribution in [1.29, 1.82) is 0 Å². The molecule has 11 nitrogen and oxygen atoms in total. The molecule has 2 fully saturated rings. The van der Waals surface area contributed by atoms with Crippen LogP contribution in [0.15, 0.2) is 36.5 Å². The highest BCUT2D eigenvalue weighted by Gasteiger charge is 2.38. The van der Waals surface area contributed by atoms with E-state index in [-0.39, 0.29) is 36.3 Å². The van der Waals surface area contributed by atoms with Gasteiger partial charge in [0, 0.05) is 18.2 Å². The number of nitrogens with zero attached hydrogens (tertiary/aromatic N) is 2. The van der Waals surface area contributed by atoms with Crippen LogP contribution in [-0.2, 0) is 19.1 Å². The molecule has 2 aliphatic rings. The number of benzene rings is 1. The van der Waals surface area contributed by atoms with Gasteiger partial charge >= 0.3 is 6.36 Å². The molecule has 1 saturated carbocycles. The molecule has 1 aliphatic heterocycles. The van der Waals surface area contributed by atoms with Crippen molar-refractivity contribution in [2.75, 3.05) is 18.5 Å². The summed E-state index contributed by atoms with van der Waals surface area (Å²) in [6.45, 7) is -0.970. The van der Waals surface area contributed by atoms with Gasteiger partial charge in [-0.3, -0.25) is 28.5 Å². The number of halogens is 3. The second-order valence-electron chi connectivity index (χ2n) is 9.66. The number of ether oxygens (including phenoxy) is 1. The van der Waals surface area contributed by atoms with Crippen LogP contribution in [0.1, 0.15) is 48.8 Å². The molecular weight excluding hydrogens is 521 g/mol. The maximum absolute atomic E-state index is 13.7. The number of imidazole rings is 1. The number of carbonyl (C=O) groups excluding carboxylic acids is 4. The Bertz CT molecular complexity index is 1210. The van der Waals surface area contributed by atoms with E-state index in [2.05, 4.69) is 25.7 Å². The van der Waals surface area contributed by atoms with E-state index in [1.807, 2.05) is 6.07 Å². The number of ketones is 1. The number of alkyl halides is 3. The normalized spacial score (nSPS) is 18.7. The largest absolute Gasteiger partial charge is 0.522 e. The first-order valence-corrected chi connectivity index (χ1v) is 12.5. The van der Waals surface area contributed by atoms with Crippen LogP contribution in [0.5, 0.6) is 0 Å². The van der Waals surface area contributed by atoms with Gasteiger partial charge in [0.05, 0.1) is 12.2 Å². The number of rotatable bonds is 13. The van der Waals surface area contributed by atoms with Crippen LogP contribution in [0.3, 0.4) is 0 Å². The average molecular weight is 551 g/mol. The predicted molar refractivity (Wildman–Crippen MR) is 132 cm³/mol. The van der Waals surface area contributed by atoms with Crippen LogP contribution in [0.25, 0.3) is 0 Å². The average Bonchev–Trinajstić information content (AvgIpc) is 3.48. The number of Topliss-reactive ketones (excluding diaryl/α,β-unsaturated/α-hetero) is 1. The molecule has 5 N–H and O–H groups in total. The molecule has 0 unspecified atom stereocenters. The summed E-state index contributed by atoms with van der Waals surface area (Å²) in [5.41, 5.74) is 6.20. The Kier molecular flexibility index (Phi) is 8.53. The molecule has 1 aromatic heterocycles. The Morgan fingerprint density at radius 1 is 1.15 bits per heavy atom. The first-order valence-electron chi connectivity index (χ1n) is 12.5. The summed E-state index contributed by atoms with van der Waals surface area (Å²) in [5, 5.41) is 8.24. The molecule has 1 aromatic carbocycles. The number of primary amides is 1. The molecule has 0 spiro atoms. The molecule has 39 heavy (non-hydrogen) atoms. The quantitative estimate of drug-likeness (QED) is 0.298. The Balaban J connectivity index is 1.62. The predicted octanol–water partition coefficient (Wildman–Crippen LogP) is 2.18. The van der Waals surface area contributed by atoms with E-state index in [1.165, 1.54) is 10.8 Å². The van der Waals surface area contributed by atoms with E-state index in [4.69, 9.17) is 5.73 Å². The minimum atomic E-state index is -5.05. The molecule has 4 rings (SSSR count). The van der Waals surface area contributed by atoms with Gasteiger partial charge in [-0.15, -0.1) is 13.2 Å². The van der Waals surface area contributed by atoms with Crippen molar-refractivity contribution < 1.29 is 37.1 Å². The third-order valence-electron chi connectivity index (χ3n) is 6.70. The van der Waals surface area contributed by atoms with E-state index in [1.54, 1.807) is 24.3 Å². The van der Waals surface area contributed by atoms with Gasteiger partial charge in [0.1, 0.15) is 18.5 Å². The highest BCUT2D eigenvalue weighted by Crippen LogP contribution is 2.39. The molecule has 3 amide bonds. The number of nitrogens with two attached hydrogens (primary N) is 1. The second kappa shape index (κ2) is 11.8. The molecule has 0 bridgehead atoms. The van der Waals surface area contributed by atoms with E-state index in [0.29, 0.717) is 18.7 Å². The number of hydrogen-bond acceptors (Lipinski definition) is 7. The minimum Gasteiger partial charge on any atom is -0.363 e. The lowest BCUT2D eigenvalue weighted by Crippen LogP contribution is -2.47. The van der Waals surface area contributed by atoms with Gasteiger partial charge in [0.15, 0.2) is 5.78 Å². The maximum Gasteiger partial charge on any atom is 0.522 e. The highest BCUT2D eigenvalue weighted by atomic mass is 19.4. The zero-order valence-corrected chi connectivity index (χ0v) is 20.9. The number of amides is 3. The molecule has 14 heteroatoms. The van der Waals surface area contributed by atoms with Gasteiger partial charge in [-0.1, -0.05) is 31.0 Å². The van der Waals surface area contributed by atoms with Crippen molar-refractivity contribution in [2.24, 2.45) is 17.6 Å². The Morgan fingerprint density at radius 2 is 1.87 bits per heavy atom. The summed E-state index contributed by atoms with van der Waals surface area (Å²) >= 11 is 0. The fourth-order valence-corrected chi connectivity index (χ4v) is 4.57. The van der Waals surface area contributed by atoms with Crippen molar-refractivity contribution >= 4 is 35.0 Å². The molecule has 1 saturated heterocycles. The Labute approximate surface area is 221 Å². The Hall–Kier alpha value is -3.94. The summed E-state index contributed by atoms with van der Waals surface area (Å²) in [4.78, 5) is 54.9. The zero-order valence-electron chi connectivity index (χ0n) is 20.9. The summed E-state index contributed by atoms with van der Waals surface area (Å²) in [6.07, 6.45) is -1.57. The molecular formula is C25H29F3N6O5. The smallest absolute Gasteiger partial charge is 0.363 e. The monoisotopic (exact) mass is 550 g/mol. The standard InChI is InChI=1S/C25H29F3N6O5/c26-25(27,28)39-13-19(35)17(11-15-8-9-30-23(15)37)33-24(38)18(10-14-6-7-14)34-20(12-31-22(34)21(29)36)32-16-4-2-1-3-5-16/h1-5,12,14-15,17-18,32H,6-11,13H2,(H2,29,36)(H,30,37)(H,33,38)/t15-,17-,18-/m0/s1. The first-order chi connectivity index (χ1) is 18.5. The van der Waals surface area contributed by atoms with E-state index >= 15 is 0 Å². The molecule has 3 atom stereocenters. The third kappa shape index (κ3) is 7.56. The summed E-state index contributed by atoms with van der Waals surface area (Å²) < 4.78 is 42.9. The van der Waals surface area contributed by atoms with E-state index in [9.17, 15) is 32.3 Å². The van der Waals surface area contributed by atoms with Gasteiger partial charge in [0.2, 0.25) is 17.6 Å². The van der Waals surface area contributed by atoms with Crippen LogP contribution >= 0.6 is 0 Å². The van der Waals surface area contributed by atoms with Crippen LogP contribution in [0, 0.1) is 11.8 Å². The lowest BCUT2D eigenvalue weighted by atomic mass is 9.95. The number of hydrogen-bond donors (Lipinski definition) is 4. The number of anilines is 2. The summed E-state index contributed by atoms with van der Waals surface area (Å²) in [5.74, 6) is -3.43. The van der Waals surface area contributed by atoms with Crippen LogP contribution in [-0.4, -0.2) is 58.6 Å². The topological polar surface area (TPSA) is 157 Å². The van der Waals surface area contributed by atoms with E-state index < -0.39 is 48.6 Å². The Morgan fingerprint density at radius 3 is 2.46 bits per heavy atom. The van der Waals surface area contributed by atoms with Gasteiger partial charge in [0.25, 0.3) is 5.91 Å². The highest BCUT2D eigenvalue weighted by molar-refractivity contribution is 5.94. The molecule has 0 radical (unpaired) electrons. The molecule has 1 aliphatic carbocycles. The van der Waals surface area contributed by atoms with Crippen LogP contribution in [0.2, 0.25) is 0 Å². The fourth-order valence-electron chi connectivity index (χ4n) is 4.57. The number of nitrogens with one attached hydrogen (secondary N) is 3. The zero-order chi connectivity index (χ0) is 28.2. The maximum atomic E-state index is 13.7. The van der Waals surface area contributed by atoms with Gasteiger partial charge in [-0.25, -0.2) is 4.98 Å². The number of carbonyl (C=O) groups is 4. The van der Waals surface area contributed by atoms with Crippen LogP contribution < -0.4 is 21.7 Å². The molecule has 2 heterocycles. The molecule has 210 valence electrons. The van der Waals surface area contributed by atoms with Crippen molar-refractivity contribution in [1.82, 2.24) is 20.2 Å². The van der Waals surface area contributed by atoms with Crippen molar-refractivity contribution in [3.8, 4) is 0 Å². The second-order valence-corrected chi connectivity index (χ2v) is 9.66. The minimum absolute atomic E-state index is 0.150. The molecule has 2 aromatic rings. The van der Waals surface area contributed by atoms with Gasteiger partial charge in [-0.2, -0.15) is 0 Å². The number of para-hydroxylation sites is 1. The fraction of sp³-hybridized carbons (Fsp3) is 0.480. The van der Waals surface area contributed by atoms with Gasteiger partial charge < -0.3 is 21.7 Å². The SMILES string of the molecule is NC(=O)c1ncc(Nc2ccccc2)n1[C@@H](CC1CC1)C(=O)N[C@@H](C[C@@H]1CCNC1=O)C(=O)COC(F)(F)F. The van der Waals surface area contributed by atoms with Gasteiger partial charge in [-0.05, 0) is 37.3 Å².